The largest absolute Gasteiger partial charge is 0.366 e. The second-order valence-electron chi connectivity index (χ2n) is 4.40. The third kappa shape index (κ3) is 2.52. The van der Waals surface area contributed by atoms with E-state index in [1.165, 1.54) is 0 Å². The zero-order valence-electron chi connectivity index (χ0n) is 8.90. The molecule has 0 aliphatic heterocycles. The number of carbonyl (C=O) groups is 1. The van der Waals surface area contributed by atoms with Crippen molar-refractivity contribution in [2.24, 2.45) is 5.73 Å². The minimum atomic E-state index is -0.455. The number of amides is 1. The van der Waals surface area contributed by atoms with Crippen LogP contribution in [0.4, 0.5) is 0 Å². The van der Waals surface area contributed by atoms with Crippen molar-refractivity contribution in [1.29, 1.82) is 0 Å². The molecule has 0 radical (unpaired) electrons. The molecule has 4 heteroatoms. The summed E-state index contributed by atoms with van der Waals surface area (Å²) in [6.45, 7) is 6.09. The lowest BCUT2D eigenvalue weighted by Gasteiger charge is -2.23. The van der Waals surface area contributed by atoms with E-state index in [-0.39, 0.29) is 5.41 Å². The fourth-order valence-corrected chi connectivity index (χ4v) is 3.12. The van der Waals surface area contributed by atoms with Crippen LogP contribution in [-0.4, -0.2) is 5.91 Å². The Balaban J connectivity index is 3.51. The number of benzene rings is 1. The molecule has 0 spiro atoms. The van der Waals surface area contributed by atoms with E-state index in [2.05, 4.69) is 15.9 Å². The van der Waals surface area contributed by atoms with Gasteiger partial charge in [0.15, 0.2) is 0 Å². The molecule has 0 heterocycles. The number of hydrogen-bond acceptors (Lipinski definition) is 1. The Hall–Kier alpha value is -0.540. The van der Waals surface area contributed by atoms with E-state index >= 15 is 0 Å². The lowest BCUT2D eigenvalue weighted by molar-refractivity contribution is 0.0999. The van der Waals surface area contributed by atoms with Gasteiger partial charge in [-0.25, -0.2) is 0 Å². The van der Waals surface area contributed by atoms with E-state index in [4.69, 9.17) is 17.3 Å². The highest BCUT2D eigenvalue weighted by Gasteiger charge is 2.23. The van der Waals surface area contributed by atoms with Gasteiger partial charge in [0.25, 0.3) is 0 Å². The number of primary amides is 1. The van der Waals surface area contributed by atoms with Gasteiger partial charge >= 0.3 is 0 Å². The first kappa shape index (κ1) is 12.5. The average molecular weight is 291 g/mol. The van der Waals surface area contributed by atoms with Crippen molar-refractivity contribution in [2.75, 3.05) is 0 Å². The molecule has 0 aliphatic carbocycles. The summed E-state index contributed by atoms with van der Waals surface area (Å²) in [5.74, 6) is -0.455. The quantitative estimate of drug-likeness (QED) is 0.845. The molecule has 0 saturated heterocycles. The van der Waals surface area contributed by atoms with E-state index in [1.807, 2.05) is 20.8 Å². The van der Waals surface area contributed by atoms with Crippen LogP contribution in [0.15, 0.2) is 16.6 Å². The van der Waals surface area contributed by atoms with Gasteiger partial charge in [-0.1, -0.05) is 32.4 Å². The zero-order valence-corrected chi connectivity index (χ0v) is 11.2. The smallest absolute Gasteiger partial charge is 0.249 e. The third-order valence-electron chi connectivity index (χ3n) is 2.11. The Bertz CT molecular complexity index is 410. The average Bonchev–Trinajstić information content (AvgIpc) is 2.00. The van der Waals surface area contributed by atoms with E-state index in [0.29, 0.717) is 15.1 Å². The van der Waals surface area contributed by atoms with Gasteiger partial charge in [-0.05, 0) is 39.0 Å². The van der Waals surface area contributed by atoms with Gasteiger partial charge in [-0.15, -0.1) is 0 Å². The fraction of sp³-hybridized carbons (Fsp3) is 0.364. The zero-order chi connectivity index (χ0) is 11.8. The predicted molar refractivity (Wildman–Crippen MR) is 66.4 cm³/mol. The van der Waals surface area contributed by atoms with Crippen LogP contribution in [0.2, 0.25) is 5.02 Å². The highest BCUT2D eigenvalue weighted by atomic mass is 79.9. The standard InChI is InChI=1S/C11H13BrClNO/c1-11(2,3)8-7(13)5-4-6(9(8)12)10(14)15/h4-5H,1-3H3,(H2,14,15). The predicted octanol–water partition coefficient (Wildman–Crippen LogP) is 3.50. The third-order valence-corrected chi connectivity index (χ3v) is 3.25. The highest BCUT2D eigenvalue weighted by molar-refractivity contribution is 9.10. The van der Waals surface area contributed by atoms with Crippen LogP contribution in [-0.2, 0) is 5.41 Å². The lowest BCUT2D eigenvalue weighted by Crippen LogP contribution is -2.18. The Morgan fingerprint density at radius 2 is 1.93 bits per heavy atom. The van der Waals surface area contributed by atoms with Gasteiger partial charge in [0.05, 0.1) is 5.56 Å². The Labute approximate surface area is 103 Å². The molecular weight excluding hydrogens is 277 g/mol. The molecule has 0 saturated carbocycles. The second-order valence-corrected chi connectivity index (χ2v) is 5.60. The van der Waals surface area contributed by atoms with Gasteiger partial charge < -0.3 is 5.73 Å². The SMILES string of the molecule is CC(C)(C)c1c(Cl)ccc(C(N)=O)c1Br. The van der Waals surface area contributed by atoms with Crippen LogP contribution in [0.3, 0.4) is 0 Å². The molecule has 82 valence electrons. The summed E-state index contributed by atoms with van der Waals surface area (Å²) in [6.07, 6.45) is 0. The van der Waals surface area contributed by atoms with Crippen LogP contribution in [0.5, 0.6) is 0 Å². The molecule has 1 amide bonds. The van der Waals surface area contributed by atoms with Crippen molar-refractivity contribution < 1.29 is 4.79 Å². The highest BCUT2D eigenvalue weighted by Crippen LogP contribution is 2.37. The monoisotopic (exact) mass is 289 g/mol. The van der Waals surface area contributed by atoms with E-state index < -0.39 is 5.91 Å². The molecule has 2 N–H and O–H groups in total. The first-order chi connectivity index (χ1) is 6.75. The van der Waals surface area contributed by atoms with Crippen LogP contribution in [0, 0.1) is 0 Å². The first-order valence-electron chi connectivity index (χ1n) is 4.53. The molecule has 0 aliphatic rings. The molecular formula is C11H13BrClNO. The van der Waals surface area contributed by atoms with Crippen molar-refractivity contribution in [1.82, 2.24) is 0 Å². The Morgan fingerprint density at radius 1 is 1.40 bits per heavy atom. The van der Waals surface area contributed by atoms with Crippen LogP contribution < -0.4 is 5.73 Å². The number of hydrogen-bond donors (Lipinski definition) is 1. The number of halogens is 2. The number of carbonyl (C=O) groups excluding carboxylic acids is 1. The molecule has 1 aromatic rings. The molecule has 2 nitrogen and oxygen atoms in total. The van der Waals surface area contributed by atoms with Gasteiger partial charge in [0.1, 0.15) is 0 Å². The molecule has 0 aromatic heterocycles. The summed E-state index contributed by atoms with van der Waals surface area (Å²) in [4.78, 5) is 11.2. The van der Waals surface area contributed by atoms with Gasteiger partial charge in [0.2, 0.25) is 5.91 Å². The summed E-state index contributed by atoms with van der Waals surface area (Å²) >= 11 is 9.49. The summed E-state index contributed by atoms with van der Waals surface area (Å²) in [5, 5.41) is 0.638. The second kappa shape index (κ2) is 4.14. The van der Waals surface area contributed by atoms with Crippen LogP contribution in [0.25, 0.3) is 0 Å². The first-order valence-corrected chi connectivity index (χ1v) is 5.70. The van der Waals surface area contributed by atoms with Crippen molar-refractivity contribution in [3.8, 4) is 0 Å². The van der Waals surface area contributed by atoms with E-state index in [9.17, 15) is 4.79 Å². The summed E-state index contributed by atoms with van der Waals surface area (Å²) in [7, 11) is 0. The molecule has 0 unspecified atom stereocenters. The van der Waals surface area contributed by atoms with E-state index in [1.54, 1.807) is 12.1 Å². The van der Waals surface area contributed by atoms with Crippen LogP contribution >= 0.6 is 27.5 Å². The van der Waals surface area contributed by atoms with Gasteiger partial charge in [0, 0.05) is 9.50 Å². The maximum Gasteiger partial charge on any atom is 0.249 e. The lowest BCUT2D eigenvalue weighted by atomic mass is 9.86. The normalized spacial score (nSPS) is 11.5. The van der Waals surface area contributed by atoms with Crippen molar-refractivity contribution >= 4 is 33.4 Å². The summed E-state index contributed by atoms with van der Waals surface area (Å²) in [5.41, 5.74) is 6.49. The minimum Gasteiger partial charge on any atom is -0.366 e. The molecule has 0 fully saturated rings. The Kier molecular flexibility index (Phi) is 3.46. The van der Waals surface area contributed by atoms with Crippen molar-refractivity contribution in [2.45, 2.75) is 26.2 Å². The maximum atomic E-state index is 11.2. The molecule has 0 atom stereocenters. The van der Waals surface area contributed by atoms with Crippen LogP contribution in [0.1, 0.15) is 36.7 Å². The van der Waals surface area contributed by atoms with Gasteiger partial charge in [-0.2, -0.15) is 0 Å². The maximum absolute atomic E-state index is 11.2. The molecule has 1 rings (SSSR count). The Morgan fingerprint density at radius 3 is 2.33 bits per heavy atom. The fourth-order valence-electron chi connectivity index (χ4n) is 1.43. The molecule has 0 bridgehead atoms. The van der Waals surface area contributed by atoms with E-state index in [0.717, 1.165) is 5.56 Å². The summed E-state index contributed by atoms with van der Waals surface area (Å²) < 4.78 is 0.690. The van der Waals surface area contributed by atoms with Crippen molar-refractivity contribution in [3.05, 3.63) is 32.8 Å². The van der Waals surface area contributed by atoms with Crippen molar-refractivity contribution in [3.63, 3.8) is 0 Å². The number of rotatable bonds is 1. The number of nitrogens with two attached hydrogens (primary N) is 1. The molecule has 15 heavy (non-hydrogen) atoms. The summed E-state index contributed by atoms with van der Waals surface area (Å²) in [6, 6.07) is 3.33. The molecule has 1 aromatic carbocycles. The van der Waals surface area contributed by atoms with Gasteiger partial charge in [-0.3, -0.25) is 4.79 Å². The minimum absolute atomic E-state index is 0.138. The topological polar surface area (TPSA) is 43.1 Å².